The van der Waals surface area contributed by atoms with E-state index in [1.807, 2.05) is 0 Å². The number of rotatable bonds is 7. The van der Waals surface area contributed by atoms with Crippen LogP contribution in [0.3, 0.4) is 0 Å². The van der Waals surface area contributed by atoms with Crippen molar-refractivity contribution in [2.45, 2.75) is 46.6 Å². The van der Waals surface area contributed by atoms with Gasteiger partial charge in [0.25, 0.3) is 0 Å². The summed E-state index contributed by atoms with van der Waals surface area (Å²) in [6.07, 6.45) is 2.13. The summed E-state index contributed by atoms with van der Waals surface area (Å²) in [5.74, 6) is -0.270. The van der Waals surface area contributed by atoms with Crippen LogP contribution in [0.5, 0.6) is 0 Å². The molecule has 0 spiro atoms. The van der Waals surface area contributed by atoms with E-state index in [-0.39, 0.29) is 18.0 Å². The molecule has 0 aliphatic heterocycles. The molecule has 5 nitrogen and oxygen atoms in total. The SMILES string of the molecule is Cc1cc(CCCC(=O)NCc2cc(C(=O)O)c(C)o2)c(C)s1. The molecule has 0 fully saturated rings. The Morgan fingerprint density at radius 3 is 2.57 bits per heavy atom. The maximum absolute atomic E-state index is 11.9. The van der Waals surface area contributed by atoms with Gasteiger partial charge in [0, 0.05) is 16.2 Å². The molecule has 0 unspecified atom stereocenters. The number of carboxylic acid groups (broad SMARTS) is 1. The number of thiophene rings is 1. The highest BCUT2D eigenvalue weighted by atomic mass is 32.1. The molecular formula is C17H21NO4S. The molecule has 2 rings (SSSR count). The van der Waals surface area contributed by atoms with Gasteiger partial charge in [0.05, 0.1) is 6.54 Å². The molecule has 0 aliphatic carbocycles. The summed E-state index contributed by atoms with van der Waals surface area (Å²) in [6.45, 7) is 6.00. The Morgan fingerprint density at radius 2 is 2.00 bits per heavy atom. The van der Waals surface area contributed by atoms with Crippen molar-refractivity contribution in [2.24, 2.45) is 0 Å². The lowest BCUT2D eigenvalue weighted by molar-refractivity contribution is -0.121. The summed E-state index contributed by atoms with van der Waals surface area (Å²) in [5, 5.41) is 11.7. The fourth-order valence-corrected chi connectivity index (χ4v) is 3.46. The number of carbonyl (C=O) groups excluding carboxylic acids is 1. The number of aryl methyl sites for hydroxylation is 4. The van der Waals surface area contributed by atoms with Crippen molar-refractivity contribution in [2.75, 3.05) is 0 Å². The smallest absolute Gasteiger partial charge is 0.339 e. The largest absolute Gasteiger partial charge is 0.478 e. The summed E-state index contributed by atoms with van der Waals surface area (Å²) in [4.78, 5) is 25.4. The third kappa shape index (κ3) is 4.69. The van der Waals surface area contributed by atoms with E-state index >= 15 is 0 Å². The summed E-state index contributed by atoms with van der Waals surface area (Å²) in [6, 6.07) is 3.63. The molecule has 2 heterocycles. The maximum atomic E-state index is 11.9. The maximum Gasteiger partial charge on any atom is 0.339 e. The fraction of sp³-hybridized carbons (Fsp3) is 0.412. The number of hydrogen-bond donors (Lipinski definition) is 2. The van der Waals surface area contributed by atoms with E-state index in [0.29, 0.717) is 17.9 Å². The Balaban J connectivity index is 1.76. The van der Waals surface area contributed by atoms with Gasteiger partial charge in [0.1, 0.15) is 17.1 Å². The Kier molecular flexibility index (Phi) is 5.60. The van der Waals surface area contributed by atoms with Crippen molar-refractivity contribution in [3.63, 3.8) is 0 Å². The van der Waals surface area contributed by atoms with Crippen molar-refractivity contribution in [3.8, 4) is 0 Å². The van der Waals surface area contributed by atoms with Gasteiger partial charge in [0.2, 0.25) is 5.91 Å². The molecule has 0 aromatic carbocycles. The normalized spacial score (nSPS) is 10.7. The molecular weight excluding hydrogens is 314 g/mol. The number of nitrogens with one attached hydrogen (secondary N) is 1. The average Bonchev–Trinajstić information content (AvgIpc) is 2.99. The first-order valence-corrected chi connectivity index (χ1v) is 8.33. The highest BCUT2D eigenvalue weighted by Gasteiger charge is 2.14. The van der Waals surface area contributed by atoms with E-state index in [0.717, 1.165) is 12.8 Å². The minimum atomic E-state index is -1.02. The van der Waals surface area contributed by atoms with Crippen LogP contribution in [0.25, 0.3) is 0 Å². The fourth-order valence-electron chi connectivity index (χ4n) is 2.49. The number of amides is 1. The van der Waals surface area contributed by atoms with Crippen LogP contribution in [0, 0.1) is 20.8 Å². The molecule has 1 amide bonds. The topological polar surface area (TPSA) is 79.5 Å². The van der Waals surface area contributed by atoms with Crippen molar-refractivity contribution in [3.05, 3.63) is 44.5 Å². The van der Waals surface area contributed by atoms with E-state index in [4.69, 9.17) is 9.52 Å². The van der Waals surface area contributed by atoms with Gasteiger partial charge in [-0.2, -0.15) is 0 Å². The molecule has 0 aliphatic rings. The van der Waals surface area contributed by atoms with Crippen LogP contribution in [0.2, 0.25) is 0 Å². The van der Waals surface area contributed by atoms with E-state index in [1.165, 1.54) is 21.4 Å². The second kappa shape index (κ2) is 7.46. The average molecular weight is 335 g/mol. The van der Waals surface area contributed by atoms with Gasteiger partial charge >= 0.3 is 5.97 Å². The van der Waals surface area contributed by atoms with Gasteiger partial charge in [-0.15, -0.1) is 11.3 Å². The Bertz CT molecular complexity index is 714. The highest BCUT2D eigenvalue weighted by molar-refractivity contribution is 7.12. The molecule has 0 saturated heterocycles. The lowest BCUT2D eigenvalue weighted by Gasteiger charge is -2.03. The van der Waals surface area contributed by atoms with Crippen molar-refractivity contribution >= 4 is 23.2 Å². The van der Waals surface area contributed by atoms with E-state index in [9.17, 15) is 9.59 Å². The Hall–Kier alpha value is -2.08. The van der Waals surface area contributed by atoms with Crippen LogP contribution >= 0.6 is 11.3 Å². The summed E-state index contributed by atoms with van der Waals surface area (Å²) < 4.78 is 5.32. The van der Waals surface area contributed by atoms with E-state index in [1.54, 1.807) is 18.3 Å². The summed E-state index contributed by atoms with van der Waals surface area (Å²) in [5.41, 5.74) is 1.45. The van der Waals surface area contributed by atoms with Crippen molar-refractivity contribution < 1.29 is 19.1 Å². The van der Waals surface area contributed by atoms with Crippen LogP contribution in [-0.4, -0.2) is 17.0 Å². The number of furan rings is 1. The molecule has 0 radical (unpaired) electrons. The van der Waals surface area contributed by atoms with Crippen molar-refractivity contribution in [1.82, 2.24) is 5.32 Å². The van der Waals surface area contributed by atoms with Gasteiger partial charge < -0.3 is 14.8 Å². The van der Waals surface area contributed by atoms with Crippen LogP contribution in [-0.2, 0) is 17.8 Å². The lowest BCUT2D eigenvalue weighted by Crippen LogP contribution is -2.22. The zero-order chi connectivity index (χ0) is 17.0. The molecule has 0 atom stereocenters. The summed E-state index contributed by atoms with van der Waals surface area (Å²) >= 11 is 1.78. The molecule has 0 bridgehead atoms. The quantitative estimate of drug-likeness (QED) is 0.810. The number of carbonyl (C=O) groups is 2. The first kappa shape index (κ1) is 17.3. The monoisotopic (exact) mass is 335 g/mol. The van der Waals surface area contributed by atoms with E-state index < -0.39 is 5.97 Å². The molecule has 2 aromatic heterocycles. The third-order valence-electron chi connectivity index (χ3n) is 3.65. The Morgan fingerprint density at radius 1 is 1.26 bits per heavy atom. The van der Waals surface area contributed by atoms with Gasteiger partial charge in [-0.25, -0.2) is 4.79 Å². The van der Waals surface area contributed by atoms with Crippen LogP contribution < -0.4 is 5.32 Å². The summed E-state index contributed by atoms with van der Waals surface area (Å²) in [7, 11) is 0. The predicted octanol–water partition coefficient (Wildman–Crippen LogP) is 3.60. The second-order valence-electron chi connectivity index (χ2n) is 5.56. The second-order valence-corrected chi connectivity index (χ2v) is 7.02. The van der Waals surface area contributed by atoms with Gasteiger partial charge in [-0.05, 0) is 51.3 Å². The number of hydrogen-bond acceptors (Lipinski definition) is 4. The van der Waals surface area contributed by atoms with Crippen LogP contribution in [0.4, 0.5) is 0 Å². The predicted molar refractivity (Wildman–Crippen MR) is 89.0 cm³/mol. The van der Waals surface area contributed by atoms with E-state index in [2.05, 4.69) is 25.2 Å². The molecule has 6 heteroatoms. The first-order chi connectivity index (χ1) is 10.9. The standard InChI is InChI=1S/C17H21NO4S/c1-10-7-13(12(3)23-10)5-4-6-16(19)18-9-14-8-15(17(20)21)11(2)22-14/h7-8H,4-6,9H2,1-3H3,(H,18,19)(H,20,21). The number of aromatic carboxylic acids is 1. The molecule has 124 valence electrons. The van der Waals surface area contributed by atoms with Gasteiger partial charge in [-0.3, -0.25) is 4.79 Å². The molecule has 2 aromatic rings. The highest BCUT2D eigenvalue weighted by Crippen LogP contribution is 2.22. The first-order valence-electron chi connectivity index (χ1n) is 7.52. The van der Waals surface area contributed by atoms with Crippen LogP contribution in [0.15, 0.2) is 16.5 Å². The minimum Gasteiger partial charge on any atom is -0.478 e. The van der Waals surface area contributed by atoms with Crippen LogP contribution in [0.1, 0.15) is 50.0 Å². The molecule has 2 N–H and O–H groups in total. The number of carboxylic acids is 1. The van der Waals surface area contributed by atoms with Crippen molar-refractivity contribution in [1.29, 1.82) is 0 Å². The third-order valence-corrected chi connectivity index (χ3v) is 4.66. The molecule has 23 heavy (non-hydrogen) atoms. The zero-order valence-corrected chi connectivity index (χ0v) is 14.4. The van der Waals surface area contributed by atoms with Gasteiger partial charge in [-0.1, -0.05) is 0 Å². The zero-order valence-electron chi connectivity index (χ0n) is 13.6. The molecule has 0 saturated carbocycles. The van der Waals surface area contributed by atoms with Gasteiger partial charge in [0.15, 0.2) is 0 Å². The Labute approximate surface area is 139 Å². The lowest BCUT2D eigenvalue weighted by atomic mass is 10.1. The minimum absolute atomic E-state index is 0.0551.